The summed E-state index contributed by atoms with van der Waals surface area (Å²) < 4.78 is 34.0. The van der Waals surface area contributed by atoms with Crippen LogP contribution >= 0.6 is 0 Å². The first-order chi connectivity index (χ1) is 8.02. The molecule has 17 heavy (non-hydrogen) atoms. The van der Waals surface area contributed by atoms with Gasteiger partial charge in [0.25, 0.3) is 5.79 Å². The average Bonchev–Trinajstić information content (AvgIpc) is 2.66. The van der Waals surface area contributed by atoms with Crippen LogP contribution in [0.25, 0.3) is 0 Å². The number of methoxy groups -OCH3 is 2. The smallest absolute Gasteiger partial charge is 0.250 e. The van der Waals surface area contributed by atoms with Crippen molar-refractivity contribution in [2.75, 3.05) is 20.8 Å². The van der Waals surface area contributed by atoms with E-state index in [-0.39, 0.29) is 18.3 Å². The Morgan fingerprint density at radius 3 is 2.59 bits per heavy atom. The summed E-state index contributed by atoms with van der Waals surface area (Å²) in [6.45, 7) is 4.17. The molecule has 0 aromatic carbocycles. The van der Waals surface area contributed by atoms with E-state index in [9.17, 15) is 0 Å². The van der Waals surface area contributed by atoms with Gasteiger partial charge in [-0.05, 0) is 13.8 Å². The first kappa shape index (κ1) is 11.8. The molecule has 4 aliphatic heterocycles. The molecular formula is C11H18O6. The molecule has 4 aliphatic rings. The molecule has 0 saturated carbocycles. The Hall–Kier alpha value is -0.240. The van der Waals surface area contributed by atoms with Crippen LogP contribution in [0.4, 0.5) is 0 Å². The molecule has 0 aromatic rings. The highest BCUT2D eigenvalue weighted by Crippen LogP contribution is 2.48. The fraction of sp³-hybridized carbons (Fsp3) is 1.00. The third-order valence-corrected chi connectivity index (χ3v) is 3.53. The van der Waals surface area contributed by atoms with Crippen molar-refractivity contribution in [3.05, 3.63) is 0 Å². The number of hydrogen-bond acceptors (Lipinski definition) is 6. The molecule has 4 saturated heterocycles. The first-order valence-electron chi connectivity index (χ1n) is 5.75. The van der Waals surface area contributed by atoms with E-state index < -0.39 is 17.9 Å². The number of hydrogen-bond donors (Lipinski definition) is 0. The van der Waals surface area contributed by atoms with Crippen molar-refractivity contribution >= 4 is 0 Å². The number of rotatable bonds is 2. The standard InChI is InChI=1S/C11H18O6/c1-10(2)16-7-6-5-14-11(13-4,8(7)17-10)9(12-3)15-6/h6-9H,5H2,1-4H3/t6-,7-,8+,9+,11-/m0/s1. The third kappa shape index (κ3) is 1.49. The monoisotopic (exact) mass is 246 g/mol. The molecular weight excluding hydrogens is 228 g/mol. The molecule has 6 heteroatoms. The molecule has 0 radical (unpaired) electrons. The lowest BCUT2D eigenvalue weighted by Gasteiger charge is -2.53. The average molecular weight is 246 g/mol. The maximum Gasteiger partial charge on any atom is 0.250 e. The predicted molar refractivity (Wildman–Crippen MR) is 55.2 cm³/mol. The Balaban J connectivity index is 1.96. The summed E-state index contributed by atoms with van der Waals surface area (Å²) in [6.07, 6.45) is -1.28. The zero-order valence-corrected chi connectivity index (χ0v) is 10.5. The topological polar surface area (TPSA) is 55.4 Å². The maximum absolute atomic E-state index is 5.88. The zero-order chi connectivity index (χ0) is 12.3. The molecule has 0 aliphatic carbocycles. The number of fused-ring (bicyclic) bond motifs is 2. The Bertz CT molecular complexity index is 319. The Kier molecular flexibility index (Phi) is 2.52. The van der Waals surface area contributed by atoms with Crippen LogP contribution < -0.4 is 0 Å². The van der Waals surface area contributed by atoms with Gasteiger partial charge in [-0.2, -0.15) is 0 Å². The van der Waals surface area contributed by atoms with E-state index in [4.69, 9.17) is 28.4 Å². The summed E-state index contributed by atoms with van der Waals surface area (Å²) in [5.74, 6) is -1.70. The number of ether oxygens (including phenoxy) is 6. The van der Waals surface area contributed by atoms with Crippen molar-refractivity contribution in [2.24, 2.45) is 0 Å². The Morgan fingerprint density at radius 1 is 1.18 bits per heavy atom. The lowest BCUT2D eigenvalue weighted by Crippen LogP contribution is -2.73. The van der Waals surface area contributed by atoms with E-state index in [0.717, 1.165) is 0 Å². The van der Waals surface area contributed by atoms with Crippen LogP contribution in [-0.4, -0.2) is 57.0 Å². The third-order valence-electron chi connectivity index (χ3n) is 3.53. The van der Waals surface area contributed by atoms with Gasteiger partial charge in [-0.25, -0.2) is 0 Å². The predicted octanol–water partition coefficient (Wildman–Crippen LogP) is 0.251. The van der Waals surface area contributed by atoms with Crippen molar-refractivity contribution in [1.82, 2.24) is 0 Å². The van der Waals surface area contributed by atoms with Crippen LogP contribution in [0.15, 0.2) is 0 Å². The molecule has 98 valence electrons. The second-order valence-electron chi connectivity index (χ2n) is 5.00. The molecule has 0 amide bonds. The van der Waals surface area contributed by atoms with E-state index in [1.165, 1.54) is 0 Å². The minimum Gasteiger partial charge on any atom is -0.351 e. The van der Waals surface area contributed by atoms with Crippen molar-refractivity contribution < 1.29 is 28.4 Å². The highest BCUT2D eigenvalue weighted by molar-refractivity contribution is 5.05. The fourth-order valence-corrected chi connectivity index (χ4v) is 2.83. The largest absolute Gasteiger partial charge is 0.351 e. The quantitative estimate of drug-likeness (QED) is 0.696. The highest BCUT2D eigenvalue weighted by Gasteiger charge is 2.68. The maximum atomic E-state index is 5.88. The molecule has 6 nitrogen and oxygen atoms in total. The molecule has 4 rings (SSSR count). The van der Waals surface area contributed by atoms with E-state index in [1.54, 1.807) is 14.2 Å². The van der Waals surface area contributed by atoms with E-state index in [1.807, 2.05) is 13.8 Å². The summed E-state index contributed by atoms with van der Waals surface area (Å²) >= 11 is 0. The molecule has 4 heterocycles. The summed E-state index contributed by atoms with van der Waals surface area (Å²) in [7, 11) is 3.12. The summed E-state index contributed by atoms with van der Waals surface area (Å²) in [6, 6.07) is 0. The lowest BCUT2D eigenvalue weighted by molar-refractivity contribution is -0.447. The molecule has 5 atom stereocenters. The Morgan fingerprint density at radius 2 is 1.94 bits per heavy atom. The van der Waals surface area contributed by atoms with Gasteiger partial charge in [-0.1, -0.05) is 0 Å². The molecule has 2 bridgehead atoms. The Labute approximate surface area is 100 Å². The van der Waals surface area contributed by atoms with Gasteiger partial charge in [0.05, 0.1) is 6.61 Å². The van der Waals surface area contributed by atoms with Gasteiger partial charge in [0.2, 0.25) is 6.29 Å². The second kappa shape index (κ2) is 3.63. The molecule has 0 spiro atoms. The van der Waals surface area contributed by atoms with E-state index in [0.29, 0.717) is 6.61 Å². The second-order valence-corrected chi connectivity index (χ2v) is 5.00. The van der Waals surface area contributed by atoms with Crippen molar-refractivity contribution in [3.63, 3.8) is 0 Å². The van der Waals surface area contributed by atoms with Crippen LogP contribution in [0, 0.1) is 0 Å². The van der Waals surface area contributed by atoms with Gasteiger partial charge in [0, 0.05) is 14.2 Å². The SMILES string of the molecule is CO[C@@H]1O[C@H]2CO[C@@]1(OC)[C@@H]1OC(C)(C)O[C@@H]21. The van der Waals surface area contributed by atoms with Crippen molar-refractivity contribution in [2.45, 2.75) is 50.0 Å². The molecule has 0 N–H and O–H groups in total. The van der Waals surface area contributed by atoms with Gasteiger partial charge < -0.3 is 28.4 Å². The first-order valence-corrected chi connectivity index (χ1v) is 5.75. The van der Waals surface area contributed by atoms with Crippen molar-refractivity contribution in [3.8, 4) is 0 Å². The molecule has 0 unspecified atom stereocenters. The minimum atomic E-state index is -1.04. The fourth-order valence-electron chi connectivity index (χ4n) is 2.83. The highest BCUT2D eigenvalue weighted by atomic mass is 16.8. The minimum absolute atomic E-state index is 0.176. The van der Waals surface area contributed by atoms with Gasteiger partial charge in [0.1, 0.15) is 18.3 Å². The van der Waals surface area contributed by atoms with Gasteiger partial charge in [-0.15, -0.1) is 0 Å². The van der Waals surface area contributed by atoms with Crippen LogP contribution in [0.2, 0.25) is 0 Å². The van der Waals surface area contributed by atoms with Gasteiger partial charge in [-0.3, -0.25) is 0 Å². The van der Waals surface area contributed by atoms with Gasteiger partial charge in [0.15, 0.2) is 5.79 Å². The zero-order valence-electron chi connectivity index (χ0n) is 10.5. The van der Waals surface area contributed by atoms with Crippen LogP contribution in [0.5, 0.6) is 0 Å². The summed E-state index contributed by atoms with van der Waals surface area (Å²) in [5, 5.41) is 0. The van der Waals surface area contributed by atoms with Crippen LogP contribution in [0.3, 0.4) is 0 Å². The van der Waals surface area contributed by atoms with Crippen LogP contribution in [0.1, 0.15) is 13.8 Å². The van der Waals surface area contributed by atoms with Crippen LogP contribution in [-0.2, 0) is 28.4 Å². The molecule has 4 fully saturated rings. The van der Waals surface area contributed by atoms with E-state index >= 15 is 0 Å². The summed E-state index contributed by atoms with van der Waals surface area (Å²) in [4.78, 5) is 0. The lowest BCUT2D eigenvalue weighted by atomic mass is 9.92. The normalized spacial score (nSPS) is 51.5. The molecule has 0 aromatic heterocycles. The summed E-state index contributed by atoms with van der Waals surface area (Å²) in [5.41, 5.74) is 0. The van der Waals surface area contributed by atoms with E-state index in [2.05, 4.69) is 0 Å². The van der Waals surface area contributed by atoms with Crippen molar-refractivity contribution in [1.29, 1.82) is 0 Å². The van der Waals surface area contributed by atoms with Gasteiger partial charge >= 0.3 is 0 Å².